The van der Waals surface area contributed by atoms with Crippen molar-refractivity contribution in [1.29, 1.82) is 0 Å². The van der Waals surface area contributed by atoms with Gasteiger partial charge in [-0.3, -0.25) is 4.90 Å². The van der Waals surface area contributed by atoms with Gasteiger partial charge in [-0.25, -0.2) is 4.98 Å². The summed E-state index contributed by atoms with van der Waals surface area (Å²) in [5.74, 6) is 0.567. The van der Waals surface area contributed by atoms with E-state index in [2.05, 4.69) is 9.88 Å². The van der Waals surface area contributed by atoms with Crippen molar-refractivity contribution < 1.29 is 14.3 Å². The number of aromatic nitrogens is 1. The number of aliphatic hydroxyl groups excluding tert-OH is 1. The highest BCUT2D eigenvalue weighted by molar-refractivity contribution is 6.30. The molecular weight excluding hydrogens is 292 g/mol. The van der Waals surface area contributed by atoms with Crippen LogP contribution in [0.4, 0.5) is 0 Å². The standard InChI is InChI=1S/C15H19ClN2O3/c1-20-9-7-18(6-8-19)10-14-11-21-15(17-14)12-2-4-13(16)5-3-12/h2-5,11,19H,6-10H2,1H3. The molecule has 5 nitrogen and oxygen atoms in total. The van der Waals surface area contributed by atoms with E-state index in [4.69, 9.17) is 25.9 Å². The summed E-state index contributed by atoms with van der Waals surface area (Å²) in [4.78, 5) is 6.53. The molecule has 0 fully saturated rings. The number of benzene rings is 1. The van der Waals surface area contributed by atoms with Gasteiger partial charge in [0.05, 0.1) is 18.9 Å². The van der Waals surface area contributed by atoms with Crippen LogP contribution in [-0.2, 0) is 11.3 Å². The Morgan fingerprint density at radius 1 is 1.29 bits per heavy atom. The number of aliphatic hydroxyl groups is 1. The lowest BCUT2D eigenvalue weighted by Crippen LogP contribution is -2.29. The number of rotatable bonds is 8. The first-order valence-corrected chi connectivity index (χ1v) is 7.13. The zero-order valence-electron chi connectivity index (χ0n) is 12.0. The van der Waals surface area contributed by atoms with E-state index in [0.29, 0.717) is 30.6 Å². The van der Waals surface area contributed by atoms with E-state index in [1.165, 1.54) is 0 Å². The molecule has 6 heteroatoms. The Morgan fingerprint density at radius 3 is 2.71 bits per heavy atom. The van der Waals surface area contributed by atoms with Gasteiger partial charge in [0.15, 0.2) is 0 Å². The summed E-state index contributed by atoms with van der Waals surface area (Å²) in [5.41, 5.74) is 1.71. The minimum atomic E-state index is 0.103. The van der Waals surface area contributed by atoms with Gasteiger partial charge in [-0.15, -0.1) is 0 Å². The lowest BCUT2D eigenvalue weighted by molar-refractivity contribution is 0.126. The molecule has 0 spiro atoms. The predicted octanol–water partition coefficient (Wildman–Crippen LogP) is 2.44. The van der Waals surface area contributed by atoms with Gasteiger partial charge < -0.3 is 14.3 Å². The minimum absolute atomic E-state index is 0.103. The average molecular weight is 311 g/mol. The molecule has 0 aliphatic rings. The summed E-state index contributed by atoms with van der Waals surface area (Å²) < 4.78 is 10.6. The molecule has 21 heavy (non-hydrogen) atoms. The Kier molecular flexibility index (Phi) is 6.20. The van der Waals surface area contributed by atoms with Gasteiger partial charge in [-0.05, 0) is 24.3 Å². The molecule has 1 N–H and O–H groups in total. The topological polar surface area (TPSA) is 58.7 Å². The molecule has 0 aliphatic heterocycles. The second-order valence-corrected chi connectivity index (χ2v) is 5.08. The van der Waals surface area contributed by atoms with Crippen LogP contribution in [0.15, 0.2) is 34.9 Å². The zero-order valence-corrected chi connectivity index (χ0v) is 12.7. The van der Waals surface area contributed by atoms with Crippen molar-refractivity contribution in [1.82, 2.24) is 9.88 Å². The maximum atomic E-state index is 9.08. The third kappa shape index (κ3) is 4.82. The lowest BCUT2D eigenvalue weighted by atomic mass is 10.2. The number of methoxy groups -OCH3 is 1. The van der Waals surface area contributed by atoms with Crippen molar-refractivity contribution in [3.63, 3.8) is 0 Å². The second-order valence-electron chi connectivity index (χ2n) is 4.64. The van der Waals surface area contributed by atoms with Gasteiger partial charge in [0.2, 0.25) is 5.89 Å². The molecular formula is C15H19ClN2O3. The van der Waals surface area contributed by atoms with Crippen LogP contribution < -0.4 is 0 Å². The van der Waals surface area contributed by atoms with E-state index in [-0.39, 0.29) is 6.61 Å². The van der Waals surface area contributed by atoms with Gasteiger partial charge in [0, 0.05) is 37.3 Å². The van der Waals surface area contributed by atoms with Crippen LogP contribution in [0.3, 0.4) is 0 Å². The highest BCUT2D eigenvalue weighted by Crippen LogP contribution is 2.21. The first-order chi connectivity index (χ1) is 10.2. The highest BCUT2D eigenvalue weighted by atomic mass is 35.5. The molecule has 2 rings (SSSR count). The van der Waals surface area contributed by atoms with Gasteiger partial charge in [0.25, 0.3) is 0 Å². The molecule has 0 atom stereocenters. The molecule has 0 saturated carbocycles. The van der Waals surface area contributed by atoms with Crippen LogP contribution >= 0.6 is 11.6 Å². The fourth-order valence-electron chi connectivity index (χ4n) is 1.97. The van der Waals surface area contributed by atoms with Crippen molar-refractivity contribution in [3.8, 4) is 11.5 Å². The zero-order chi connectivity index (χ0) is 15.1. The number of nitrogens with zero attached hydrogens (tertiary/aromatic N) is 2. The highest BCUT2D eigenvalue weighted by Gasteiger charge is 2.11. The van der Waals surface area contributed by atoms with E-state index in [1.807, 2.05) is 12.1 Å². The third-order valence-corrected chi connectivity index (χ3v) is 3.31. The maximum Gasteiger partial charge on any atom is 0.226 e. The molecule has 114 valence electrons. The Hall–Kier alpha value is -1.40. The van der Waals surface area contributed by atoms with Gasteiger partial charge >= 0.3 is 0 Å². The Morgan fingerprint density at radius 2 is 2.05 bits per heavy atom. The molecule has 0 unspecified atom stereocenters. The molecule has 1 aromatic carbocycles. The predicted molar refractivity (Wildman–Crippen MR) is 81.2 cm³/mol. The maximum absolute atomic E-state index is 9.08. The number of ether oxygens (including phenoxy) is 1. The van der Waals surface area contributed by atoms with Crippen LogP contribution in [-0.4, -0.2) is 48.4 Å². The normalized spacial score (nSPS) is 11.2. The monoisotopic (exact) mass is 310 g/mol. The van der Waals surface area contributed by atoms with E-state index >= 15 is 0 Å². The third-order valence-electron chi connectivity index (χ3n) is 3.06. The van der Waals surface area contributed by atoms with Crippen LogP contribution in [0.5, 0.6) is 0 Å². The lowest BCUT2D eigenvalue weighted by Gasteiger charge is -2.19. The van der Waals surface area contributed by atoms with Crippen molar-refractivity contribution in [2.75, 3.05) is 33.4 Å². The van der Waals surface area contributed by atoms with Gasteiger partial charge in [0.1, 0.15) is 6.26 Å². The van der Waals surface area contributed by atoms with E-state index < -0.39 is 0 Å². The van der Waals surface area contributed by atoms with Crippen LogP contribution in [0.2, 0.25) is 5.02 Å². The number of oxazole rings is 1. The van der Waals surface area contributed by atoms with Crippen molar-refractivity contribution >= 4 is 11.6 Å². The average Bonchev–Trinajstić information content (AvgIpc) is 2.94. The molecule has 0 aliphatic carbocycles. The summed E-state index contributed by atoms with van der Waals surface area (Å²) in [6.45, 7) is 2.64. The molecule has 1 heterocycles. The van der Waals surface area contributed by atoms with Crippen LogP contribution in [0.1, 0.15) is 5.69 Å². The SMILES string of the molecule is COCCN(CCO)Cc1coc(-c2ccc(Cl)cc2)n1. The number of halogens is 1. The van der Waals surface area contributed by atoms with Crippen molar-refractivity contribution in [2.45, 2.75) is 6.54 Å². The molecule has 0 amide bonds. The fourth-order valence-corrected chi connectivity index (χ4v) is 2.09. The number of hydrogen-bond acceptors (Lipinski definition) is 5. The quantitative estimate of drug-likeness (QED) is 0.811. The Bertz CT molecular complexity index is 542. The number of hydrogen-bond donors (Lipinski definition) is 1. The van der Waals surface area contributed by atoms with E-state index in [0.717, 1.165) is 17.8 Å². The summed E-state index contributed by atoms with van der Waals surface area (Å²) in [5, 5.41) is 9.76. The Labute approximate surface area is 129 Å². The van der Waals surface area contributed by atoms with E-state index in [9.17, 15) is 0 Å². The molecule has 0 saturated heterocycles. The van der Waals surface area contributed by atoms with Crippen molar-refractivity contribution in [2.24, 2.45) is 0 Å². The minimum Gasteiger partial charge on any atom is -0.444 e. The first-order valence-electron chi connectivity index (χ1n) is 6.75. The van der Waals surface area contributed by atoms with Gasteiger partial charge in [-0.1, -0.05) is 11.6 Å². The first kappa shape index (κ1) is 16.0. The summed E-state index contributed by atoms with van der Waals surface area (Å²) >= 11 is 5.86. The Balaban J connectivity index is 2.02. The van der Waals surface area contributed by atoms with Crippen LogP contribution in [0, 0.1) is 0 Å². The second kappa shape index (κ2) is 8.14. The molecule has 0 bridgehead atoms. The van der Waals surface area contributed by atoms with Gasteiger partial charge in [-0.2, -0.15) is 0 Å². The molecule has 0 radical (unpaired) electrons. The molecule has 1 aromatic heterocycles. The summed E-state index contributed by atoms with van der Waals surface area (Å²) in [7, 11) is 1.66. The van der Waals surface area contributed by atoms with E-state index in [1.54, 1.807) is 25.5 Å². The van der Waals surface area contributed by atoms with Crippen molar-refractivity contribution in [3.05, 3.63) is 41.2 Å². The largest absolute Gasteiger partial charge is 0.444 e. The summed E-state index contributed by atoms with van der Waals surface area (Å²) in [6.07, 6.45) is 1.64. The van der Waals surface area contributed by atoms with Crippen LogP contribution in [0.25, 0.3) is 11.5 Å². The summed E-state index contributed by atoms with van der Waals surface area (Å²) in [6, 6.07) is 7.34. The fraction of sp³-hybridized carbons (Fsp3) is 0.400. The smallest absolute Gasteiger partial charge is 0.226 e. The molecule has 2 aromatic rings.